The number of aliphatic hydroxyl groups excluding tert-OH is 1. The maximum Gasteiger partial charge on any atom is 0.228 e. The van der Waals surface area contributed by atoms with E-state index in [0.717, 1.165) is 24.8 Å². The van der Waals surface area contributed by atoms with Gasteiger partial charge in [-0.2, -0.15) is 15.0 Å². The molecule has 6 heteroatoms. The quantitative estimate of drug-likeness (QED) is 0.773. The van der Waals surface area contributed by atoms with Gasteiger partial charge in [-0.25, -0.2) is 0 Å². The van der Waals surface area contributed by atoms with Crippen molar-refractivity contribution in [3.8, 4) is 0 Å². The minimum absolute atomic E-state index is 0.248. The van der Waals surface area contributed by atoms with Crippen LogP contribution in [0.4, 0.5) is 11.9 Å². The van der Waals surface area contributed by atoms with Gasteiger partial charge in [-0.15, -0.1) is 0 Å². The summed E-state index contributed by atoms with van der Waals surface area (Å²) >= 11 is 0. The normalized spacial score (nSPS) is 18.8. The van der Waals surface area contributed by atoms with Crippen LogP contribution >= 0.6 is 0 Å². The van der Waals surface area contributed by atoms with Crippen LogP contribution in [0.1, 0.15) is 52.8 Å². The maximum absolute atomic E-state index is 9.79. The SMILES string of the molecule is CC(C)Nc1nc(NC(C)C)nc(C2=CC(O)CCC2)n1. The molecule has 1 aromatic heterocycles. The molecule has 0 aliphatic heterocycles. The van der Waals surface area contributed by atoms with Gasteiger partial charge in [-0.3, -0.25) is 0 Å². The fourth-order valence-corrected chi connectivity index (χ4v) is 2.25. The second kappa shape index (κ2) is 6.85. The van der Waals surface area contributed by atoms with Crippen molar-refractivity contribution in [3.63, 3.8) is 0 Å². The molecule has 0 amide bonds. The lowest BCUT2D eigenvalue weighted by molar-refractivity contribution is 0.206. The number of hydrogen-bond donors (Lipinski definition) is 3. The van der Waals surface area contributed by atoms with Crippen LogP contribution in [0.15, 0.2) is 6.08 Å². The number of aromatic nitrogens is 3. The second-order valence-corrected chi connectivity index (χ2v) is 6.06. The minimum atomic E-state index is -0.395. The highest BCUT2D eigenvalue weighted by Crippen LogP contribution is 2.25. The Morgan fingerprint density at radius 1 is 1.05 bits per heavy atom. The molecule has 0 saturated carbocycles. The molecule has 2 rings (SSSR count). The van der Waals surface area contributed by atoms with Crippen LogP contribution in [0, 0.1) is 0 Å². The Kier molecular flexibility index (Phi) is 5.12. The lowest BCUT2D eigenvalue weighted by atomic mass is 9.97. The van der Waals surface area contributed by atoms with Gasteiger partial charge < -0.3 is 15.7 Å². The first kappa shape index (κ1) is 15.7. The van der Waals surface area contributed by atoms with Crippen LogP contribution in [0.3, 0.4) is 0 Å². The predicted molar refractivity (Wildman–Crippen MR) is 85.2 cm³/mol. The molecule has 1 aliphatic carbocycles. The maximum atomic E-state index is 9.79. The molecule has 21 heavy (non-hydrogen) atoms. The van der Waals surface area contributed by atoms with Gasteiger partial charge in [0, 0.05) is 12.1 Å². The third kappa shape index (κ3) is 4.67. The molecule has 1 aromatic rings. The van der Waals surface area contributed by atoms with Gasteiger partial charge in [0.2, 0.25) is 11.9 Å². The Hall–Kier alpha value is -1.69. The second-order valence-electron chi connectivity index (χ2n) is 6.06. The van der Waals surface area contributed by atoms with Gasteiger partial charge in [0.05, 0.1) is 6.10 Å². The van der Waals surface area contributed by atoms with Crippen molar-refractivity contribution in [2.45, 2.75) is 65.1 Å². The number of allylic oxidation sites excluding steroid dienone is 1. The summed E-state index contributed by atoms with van der Waals surface area (Å²) in [6.45, 7) is 8.18. The largest absolute Gasteiger partial charge is 0.389 e. The third-order valence-corrected chi connectivity index (χ3v) is 3.10. The molecule has 116 valence electrons. The van der Waals surface area contributed by atoms with Gasteiger partial charge in [0.25, 0.3) is 0 Å². The molecule has 0 bridgehead atoms. The number of nitrogens with zero attached hydrogens (tertiary/aromatic N) is 3. The molecule has 0 saturated heterocycles. The zero-order valence-corrected chi connectivity index (χ0v) is 13.2. The Morgan fingerprint density at radius 2 is 1.62 bits per heavy atom. The van der Waals surface area contributed by atoms with Gasteiger partial charge in [-0.1, -0.05) is 0 Å². The number of anilines is 2. The summed E-state index contributed by atoms with van der Waals surface area (Å²) < 4.78 is 0. The zero-order valence-electron chi connectivity index (χ0n) is 13.2. The van der Waals surface area contributed by atoms with Crippen LogP contribution in [0.2, 0.25) is 0 Å². The van der Waals surface area contributed by atoms with Crippen molar-refractivity contribution in [1.29, 1.82) is 0 Å². The van der Waals surface area contributed by atoms with E-state index < -0.39 is 6.10 Å². The number of rotatable bonds is 5. The highest BCUT2D eigenvalue weighted by atomic mass is 16.3. The van der Waals surface area contributed by atoms with E-state index in [1.165, 1.54) is 0 Å². The highest BCUT2D eigenvalue weighted by molar-refractivity contribution is 5.63. The number of aliphatic hydroxyl groups is 1. The van der Waals surface area contributed by atoms with Crippen LogP contribution in [-0.2, 0) is 0 Å². The Balaban J connectivity index is 2.34. The molecule has 0 spiro atoms. The topological polar surface area (TPSA) is 83.0 Å². The molecule has 0 aromatic carbocycles. The van der Waals surface area contributed by atoms with E-state index >= 15 is 0 Å². The standard InChI is InChI=1S/C15H25N5O/c1-9(2)16-14-18-13(11-6-5-7-12(21)8-11)19-15(20-14)17-10(3)4/h8-10,12,21H,5-7H2,1-4H3,(H2,16,17,18,19,20). The Morgan fingerprint density at radius 3 is 2.10 bits per heavy atom. The van der Waals surface area contributed by atoms with Crippen LogP contribution in [-0.4, -0.2) is 38.2 Å². The summed E-state index contributed by atoms with van der Waals surface area (Å²) in [5, 5.41) is 16.2. The fraction of sp³-hybridized carbons (Fsp3) is 0.667. The van der Waals surface area contributed by atoms with Crippen LogP contribution in [0.5, 0.6) is 0 Å². The van der Waals surface area contributed by atoms with Gasteiger partial charge in [-0.05, 0) is 58.6 Å². The first-order valence-corrected chi connectivity index (χ1v) is 7.62. The van der Waals surface area contributed by atoms with Crippen LogP contribution in [0.25, 0.3) is 5.57 Å². The number of nitrogens with one attached hydrogen (secondary N) is 2. The molecule has 1 heterocycles. The van der Waals surface area contributed by atoms with Gasteiger partial charge in [0.15, 0.2) is 5.82 Å². The predicted octanol–water partition coefficient (Wildman–Crippen LogP) is 2.44. The molecule has 1 aliphatic rings. The van der Waals surface area contributed by atoms with Gasteiger partial charge in [0.1, 0.15) is 0 Å². The molecule has 6 nitrogen and oxygen atoms in total. The van der Waals surface area contributed by atoms with Crippen molar-refractivity contribution in [1.82, 2.24) is 15.0 Å². The highest BCUT2D eigenvalue weighted by Gasteiger charge is 2.17. The van der Waals surface area contributed by atoms with E-state index in [4.69, 9.17) is 0 Å². The lowest BCUT2D eigenvalue weighted by Gasteiger charge is -2.18. The molecule has 1 unspecified atom stereocenters. The first-order valence-electron chi connectivity index (χ1n) is 7.62. The molecular weight excluding hydrogens is 266 g/mol. The summed E-state index contributed by atoms with van der Waals surface area (Å²) in [4.78, 5) is 13.4. The molecule has 0 radical (unpaired) electrons. The monoisotopic (exact) mass is 291 g/mol. The molecular formula is C15H25N5O. The van der Waals surface area contributed by atoms with Gasteiger partial charge >= 0.3 is 0 Å². The first-order chi connectivity index (χ1) is 9.94. The zero-order chi connectivity index (χ0) is 15.4. The fourth-order valence-electron chi connectivity index (χ4n) is 2.25. The van der Waals surface area contributed by atoms with Crippen molar-refractivity contribution < 1.29 is 5.11 Å². The Labute approximate surface area is 126 Å². The summed E-state index contributed by atoms with van der Waals surface area (Å²) in [5.74, 6) is 1.79. The van der Waals surface area contributed by atoms with E-state index in [9.17, 15) is 5.11 Å². The van der Waals surface area contributed by atoms with E-state index in [2.05, 4.69) is 25.6 Å². The van der Waals surface area contributed by atoms with Crippen molar-refractivity contribution in [3.05, 3.63) is 11.9 Å². The molecule has 1 atom stereocenters. The minimum Gasteiger partial charge on any atom is -0.389 e. The smallest absolute Gasteiger partial charge is 0.228 e. The van der Waals surface area contributed by atoms with Crippen molar-refractivity contribution in [2.75, 3.05) is 10.6 Å². The van der Waals surface area contributed by atoms with E-state index in [0.29, 0.717) is 17.7 Å². The molecule has 0 fully saturated rings. The van der Waals surface area contributed by atoms with Crippen LogP contribution < -0.4 is 10.6 Å². The van der Waals surface area contributed by atoms with E-state index in [1.807, 2.05) is 33.8 Å². The summed E-state index contributed by atoms with van der Waals surface area (Å²) in [7, 11) is 0. The summed E-state index contributed by atoms with van der Waals surface area (Å²) in [6, 6.07) is 0.496. The summed E-state index contributed by atoms with van der Waals surface area (Å²) in [6.07, 6.45) is 4.12. The average molecular weight is 291 g/mol. The summed E-state index contributed by atoms with van der Waals surface area (Å²) in [5.41, 5.74) is 0.995. The number of hydrogen-bond acceptors (Lipinski definition) is 6. The molecule has 3 N–H and O–H groups in total. The average Bonchev–Trinajstić information content (AvgIpc) is 2.36. The lowest BCUT2D eigenvalue weighted by Crippen LogP contribution is -2.19. The van der Waals surface area contributed by atoms with Crippen molar-refractivity contribution >= 4 is 17.5 Å². The van der Waals surface area contributed by atoms with E-state index in [-0.39, 0.29) is 12.1 Å². The Bertz CT molecular complexity index is 485. The van der Waals surface area contributed by atoms with Crippen molar-refractivity contribution in [2.24, 2.45) is 0 Å². The third-order valence-electron chi connectivity index (χ3n) is 3.10. The van der Waals surface area contributed by atoms with E-state index in [1.54, 1.807) is 0 Å².